The molecule has 0 spiro atoms. The van der Waals surface area contributed by atoms with Crippen molar-refractivity contribution in [3.8, 4) is 0 Å². The first-order chi connectivity index (χ1) is 10.1. The van der Waals surface area contributed by atoms with Crippen molar-refractivity contribution >= 4 is 11.9 Å². The Kier molecular flexibility index (Phi) is 5.30. The predicted octanol–water partition coefficient (Wildman–Crippen LogP) is 0.258. The monoisotopic (exact) mass is 292 g/mol. The van der Waals surface area contributed by atoms with Crippen molar-refractivity contribution in [1.82, 2.24) is 4.90 Å². The molecule has 1 aliphatic rings. The van der Waals surface area contributed by atoms with Gasteiger partial charge in [-0.05, 0) is 12.0 Å². The molecule has 0 saturated carbocycles. The fourth-order valence-electron chi connectivity index (χ4n) is 2.48. The normalized spacial score (nSPS) is 20.0. The number of ether oxygens (including phenoxy) is 1. The van der Waals surface area contributed by atoms with Gasteiger partial charge in [0.15, 0.2) is 0 Å². The molecule has 1 unspecified atom stereocenters. The molecule has 1 aromatic rings. The van der Waals surface area contributed by atoms with Gasteiger partial charge >= 0.3 is 5.97 Å². The molecule has 2 atom stereocenters. The minimum absolute atomic E-state index is 0.121. The van der Waals surface area contributed by atoms with E-state index in [9.17, 15) is 9.59 Å². The van der Waals surface area contributed by atoms with Crippen molar-refractivity contribution < 1.29 is 19.4 Å². The van der Waals surface area contributed by atoms with Gasteiger partial charge in [-0.2, -0.15) is 0 Å². The summed E-state index contributed by atoms with van der Waals surface area (Å²) in [4.78, 5) is 24.9. The molecule has 1 fully saturated rings. The van der Waals surface area contributed by atoms with E-state index in [0.717, 1.165) is 5.56 Å². The third-order valence-electron chi connectivity index (χ3n) is 3.54. The predicted molar refractivity (Wildman–Crippen MR) is 76.7 cm³/mol. The summed E-state index contributed by atoms with van der Waals surface area (Å²) < 4.78 is 5.26. The van der Waals surface area contributed by atoms with Crippen LogP contribution >= 0.6 is 0 Å². The molecule has 0 aromatic heterocycles. The molecule has 21 heavy (non-hydrogen) atoms. The van der Waals surface area contributed by atoms with E-state index in [1.807, 2.05) is 30.3 Å². The molecule has 1 saturated heterocycles. The zero-order valence-electron chi connectivity index (χ0n) is 11.8. The van der Waals surface area contributed by atoms with Crippen LogP contribution in [0.2, 0.25) is 0 Å². The van der Waals surface area contributed by atoms with Gasteiger partial charge in [-0.15, -0.1) is 0 Å². The summed E-state index contributed by atoms with van der Waals surface area (Å²) in [5, 5.41) is 8.91. The first-order valence-electron chi connectivity index (χ1n) is 6.97. The molecule has 2 rings (SSSR count). The number of carboxylic acid groups (broad SMARTS) is 1. The second kappa shape index (κ2) is 7.19. The van der Waals surface area contributed by atoms with Gasteiger partial charge in [0, 0.05) is 6.54 Å². The zero-order valence-corrected chi connectivity index (χ0v) is 11.8. The highest BCUT2D eigenvalue weighted by molar-refractivity contribution is 5.83. The van der Waals surface area contributed by atoms with Gasteiger partial charge in [0.1, 0.15) is 0 Å². The number of nitrogens with two attached hydrogens (primary N) is 1. The van der Waals surface area contributed by atoms with E-state index in [-0.39, 0.29) is 18.9 Å². The molecule has 0 aliphatic carbocycles. The van der Waals surface area contributed by atoms with E-state index in [1.165, 1.54) is 0 Å². The van der Waals surface area contributed by atoms with Crippen LogP contribution in [0.3, 0.4) is 0 Å². The molecule has 1 aromatic carbocycles. The van der Waals surface area contributed by atoms with Crippen molar-refractivity contribution in [3.63, 3.8) is 0 Å². The maximum absolute atomic E-state index is 12.4. The number of aliphatic carboxylic acids is 1. The number of hydrogen-bond acceptors (Lipinski definition) is 4. The molecule has 114 valence electrons. The maximum atomic E-state index is 12.4. The number of hydrogen-bond donors (Lipinski definition) is 2. The molecule has 0 bridgehead atoms. The summed E-state index contributed by atoms with van der Waals surface area (Å²) in [6.07, 6.45) is 0.320. The molecule has 0 radical (unpaired) electrons. The van der Waals surface area contributed by atoms with E-state index in [4.69, 9.17) is 15.6 Å². The summed E-state index contributed by atoms with van der Waals surface area (Å²) in [6, 6.07) is 8.43. The Morgan fingerprint density at radius 1 is 1.38 bits per heavy atom. The standard InChI is InChI=1S/C15H20N2O4/c16-13(8-11-4-2-1-3-5-11)15(20)17-6-7-21-10-12(17)9-14(18)19/h1-5,12-13H,6-10,16H2,(H,18,19)/t12?,13-/m1/s1. The van der Waals surface area contributed by atoms with Crippen LogP contribution in [0.5, 0.6) is 0 Å². The lowest BCUT2D eigenvalue weighted by atomic mass is 10.0. The lowest BCUT2D eigenvalue weighted by molar-refractivity contribution is -0.147. The number of morpholine rings is 1. The van der Waals surface area contributed by atoms with Gasteiger partial charge in [-0.25, -0.2) is 0 Å². The highest BCUT2D eigenvalue weighted by Gasteiger charge is 2.31. The Bertz CT molecular complexity index is 492. The Morgan fingerprint density at radius 2 is 2.10 bits per heavy atom. The molecule has 1 heterocycles. The van der Waals surface area contributed by atoms with Gasteiger partial charge in [-0.1, -0.05) is 30.3 Å². The number of nitrogens with zero attached hydrogens (tertiary/aromatic N) is 1. The Hall–Kier alpha value is -1.92. The van der Waals surface area contributed by atoms with E-state index in [2.05, 4.69) is 0 Å². The summed E-state index contributed by atoms with van der Waals surface area (Å²) in [5.41, 5.74) is 6.98. The number of amides is 1. The van der Waals surface area contributed by atoms with E-state index in [0.29, 0.717) is 19.6 Å². The molecule has 1 amide bonds. The lowest BCUT2D eigenvalue weighted by Gasteiger charge is -2.36. The van der Waals surface area contributed by atoms with E-state index < -0.39 is 18.1 Å². The van der Waals surface area contributed by atoms with Crippen molar-refractivity contribution in [2.24, 2.45) is 5.73 Å². The van der Waals surface area contributed by atoms with Crippen molar-refractivity contribution in [3.05, 3.63) is 35.9 Å². The molecular weight excluding hydrogens is 272 g/mol. The lowest BCUT2D eigenvalue weighted by Crippen LogP contribution is -2.55. The van der Waals surface area contributed by atoms with Crippen LogP contribution in [0, 0.1) is 0 Å². The van der Waals surface area contributed by atoms with Gasteiger partial charge < -0.3 is 20.5 Å². The highest BCUT2D eigenvalue weighted by atomic mass is 16.5. The summed E-state index contributed by atoms with van der Waals surface area (Å²) in [5.74, 6) is -1.16. The highest BCUT2D eigenvalue weighted by Crippen LogP contribution is 2.13. The quantitative estimate of drug-likeness (QED) is 0.812. The smallest absolute Gasteiger partial charge is 0.305 e. The van der Waals surface area contributed by atoms with E-state index in [1.54, 1.807) is 4.90 Å². The molecule has 6 nitrogen and oxygen atoms in total. The first kappa shape index (κ1) is 15.5. The fourth-order valence-corrected chi connectivity index (χ4v) is 2.48. The maximum Gasteiger partial charge on any atom is 0.305 e. The van der Waals surface area contributed by atoms with Crippen LogP contribution < -0.4 is 5.73 Å². The number of rotatable bonds is 5. The molecule has 1 aliphatic heterocycles. The van der Waals surface area contributed by atoms with Crippen LogP contribution in [0.4, 0.5) is 0 Å². The minimum atomic E-state index is -0.945. The van der Waals surface area contributed by atoms with Crippen LogP contribution in [-0.2, 0) is 20.7 Å². The van der Waals surface area contributed by atoms with Crippen molar-refractivity contribution in [2.75, 3.05) is 19.8 Å². The number of benzene rings is 1. The van der Waals surface area contributed by atoms with Crippen LogP contribution in [0.1, 0.15) is 12.0 Å². The number of carboxylic acids is 1. The number of carbonyl (C=O) groups is 2. The summed E-state index contributed by atoms with van der Waals surface area (Å²) in [7, 11) is 0. The molecule has 6 heteroatoms. The third-order valence-corrected chi connectivity index (χ3v) is 3.54. The fraction of sp³-hybridized carbons (Fsp3) is 0.467. The average molecular weight is 292 g/mol. The van der Waals surface area contributed by atoms with Crippen molar-refractivity contribution in [1.29, 1.82) is 0 Å². The Labute approximate surface area is 123 Å². The average Bonchev–Trinajstić information content (AvgIpc) is 2.47. The zero-order chi connectivity index (χ0) is 15.2. The number of carbonyl (C=O) groups excluding carboxylic acids is 1. The van der Waals surface area contributed by atoms with Crippen LogP contribution in [-0.4, -0.2) is 53.7 Å². The van der Waals surface area contributed by atoms with Gasteiger partial charge in [-0.3, -0.25) is 9.59 Å². The molecule has 3 N–H and O–H groups in total. The van der Waals surface area contributed by atoms with Gasteiger partial charge in [0.05, 0.1) is 31.7 Å². The second-order valence-corrected chi connectivity index (χ2v) is 5.15. The second-order valence-electron chi connectivity index (χ2n) is 5.15. The first-order valence-corrected chi connectivity index (χ1v) is 6.97. The van der Waals surface area contributed by atoms with Crippen molar-refractivity contribution in [2.45, 2.75) is 24.9 Å². The van der Waals surface area contributed by atoms with Crippen LogP contribution in [0.25, 0.3) is 0 Å². The summed E-state index contributed by atoms with van der Waals surface area (Å²) >= 11 is 0. The topological polar surface area (TPSA) is 92.9 Å². The largest absolute Gasteiger partial charge is 0.481 e. The van der Waals surface area contributed by atoms with Gasteiger partial charge in [0.25, 0.3) is 0 Å². The minimum Gasteiger partial charge on any atom is -0.481 e. The van der Waals surface area contributed by atoms with Crippen LogP contribution in [0.15, 0.2) is 30.3 Å². The Morgan fingerprint density at radius 3 is 2.76 bits per heavy atom. The summed E-state index contributed by atoms with van der Waals surface area (Å²) in [6.45, 7) is 1.05. The third kappa shape index (κ3) is 4.27. The van der Waals surface area contributed by atoms with Gasteiger partial charge in [0.2, 0.25) is 5.91 Å². The Balaban J connectivity index is 2.00. The molecular formula is C15H20N2O4. The SMILES string of the molecule is N[C@H](Cc1ccccc1)C(=O)N1CCOCC1CC(=O)O. The van der Waals surface area contributed by atoms with E-state index >= 15 is 0 Å².